The van der Waals surface area contributed by atoms with Gasteiger partial charge in [-0.1, -0.05) is 116 Å². The number of nitrogens with zero attached hydrogens (tertiary/aromatic N) is 2. The third-order valence-electron chi connectivity index (χ3n) is 14.1. The SMILES string of the molecule is Cc1ccc(N(c2ccc3cc4c(cc3c2)C(C)(C)c2c-4ccc3cc(N(c4ccc(C(F)(F)F)cc4)c4cccc5c4oc4ccccc45)ccc23)c2cccc3c2oc2ccccc23)cc1. The predicted molar refractivity (Wildman–Crippen MR) is 273 cm³/mol. The average molecular weight is 891 g/mol. The van der Waals surface area contributed by atoms with E-state index in [2.05, 4.69) is 141 Å². The van der Waals surface area contributed by atoms with Gasteiger partial charge in [-0.3, -0.25) is 0 Å². The fourth-order valence-electron chi connectivity index (χ4n) is 10.8. The lowest BCUT2D eigenvalue weighted by Crippen LogP contribution is -2.16. The van der Waals surface area contributed by atoms with Crippen molar-refractivity contribution in [3.63, 3.8) is 0 Å². The molecule has 10 aromatic carbocycles. The van der Waals surface area contributed by atoms with E-state index in [1.165, 1.54) is 39.9 Å². The van der Waals surface area contributed by atoms with E-state index in [9.17, 15) is 13.2 Å². The molecule has 7 heteroatoms. The summed E-state index contributed by atoms with van der Waals surface area (Å²) < 4.78 is 54.7. The Kier molecular flexibility index (Phi) is 8.60. The molecule has 0 amide bonds. The minimum absolute atomic E-state index is 0.362. The Morgan fingerprint density at radius 3 is 1.54 bits per heavy atom. The van der Waals surface area contributed by atoms with Crippen molar-refractivity contribution in [1.29, 1.82) is 0 Å². The quantitative estimate of drug-likeness (QED) is 0.167. The summed E-state index contributed by atoms with van der Waals surface area (Å²) in [5.41, 5.74) is 13.2. The average Bonchev–Trinajstić information content (AvgIpc) is 4.00. The molecule has 12 aromatic rings. The number of benzene rings is 10. The molecule has 1 aliphatic rings. The van der Waals surface area contributed by atoms with Crippen LogP contribution in [0.1, 0.15) is 36.1 Å². The third kappa shape index (κ3) is 6.08. The van der Waals surface area contributed by atoms with Crippen molar-refractivity contribution in [1.82, 2.24) is 0 Å². The van der Waals surface area contributed by atoms with E-state index in [1.54, 1.807) is 0 Å². The normalized spacial score (nSPS) is 13.3. The first-order chi connectivity index (χ1) is 33.0. The molecule has 0 radical (unpaired) electrons. The summed E-state index contributed by atoms with van der Waals surface area (Å²) >= 11 is 0. The van der Waals surface area contributed by atoms with Crippen LogP contribution in [0.4, 0.5) is 47.3 Å². The number of fused-ring (bicyclic) bond motifs is 12. The van der Waals surface area contributed by atoms with E-state index in [1.807, 2.05) is 59.5 Å². The van der Waals surface area contributed by atoms with Crippen molar-refractivity contribution in [2.24, 2.45) is 0 Å². The summed E-state index contributed by atoms with van der Waals surface area (Å²) in [7, 11) is 0. The Morgan fingerprint density at radius 2 is 0.941 bits per heavy atom. The van der Waals surface area contributed by atoms with Crippen LogP contribution in [0, 0.1) is 6.92 Å². The second-order valence-corrected chi connectivity index (χ2v) is 18.5. The first-order valence-corrected chi connectivity index (χ1v) is 22.8. The maximum absolute atomic E-state index is 13.9. The number of alkyl halides is 3. The summed E-state index contributed by atoms with van der Waals surface area (Å²) in [5.74, 6) is 0. The number of anilines is 6. The number of aryl methyl sites for hydroxylation is 1. The van der Waals surface area contributed by atoms with E-state index in [4.69, 9.17) is 8.83 Å². The Labute approximate surface area is 389 Å². The summed E-state index contributed by atoms with van der Waals surface area (Å²) in [6, 6.07) is 64.6. The van der Waals surface area contributed by atoms with Gasteiger partial charge in [0.05, 0.1) is 16.9 Å². The molecule has 0 saturated carbocycles. The first kappa shape index (κ1) is 40.0. The van der Waals surface area contributed by atoms with E-state index < -0.39 is 11.7 Å². The standard InChI is InChI=1S/C61H41F3N2O2/c1-36-18-24-41(25-19-36)65(53-14-8-12-49-46-10-4-6-16-55(46)67-58(49)53)43-26-20-37-34-51-48-30-21-38-32-44(29-31-45(38)57(48)60(2,3)52(51)35-39(37)33-43)66(42-27-22-40(23-28-42)61(62,63)64)54-15-9-13-50-47-11-5-7-17-56(47)68-59(50)54/h4-35H,1-3H3. The number of furan rings is 2. The molecule has 0 atom stereocenters. The highest BCUT2D eigenvalue weighted by molar-refractivity contribution is 6.12. The smallest absolute Gasteiger partial charge is 0.416 e. The van der Waals surface area contributed by atoms with Gasteiger partial charge >= 0.3 is 6.18 Å². The van der Waals surface area contributed by atoms with E-state index in [-0.39, 0.29) is 5.41 Å². The van der Waals surface area contributed by atoms with Crippen molar-refractivity contribution >= 4 is 99.5 Å². The molecule has 68 heavy (non-hydrogen) atoms. The van der Waals surface area contributed by atoms with Crippen LogP contribution >= 0.6 is 0 Å². The molecule has 328 valence electrons. The molecule has 0 aliphatic heterocycles. The molecular formula is C61H41F3N2O2. The van der Waals surface area contributed by atoms with Gasteiger partial charge in [-0.2, -0.15) is 13.2 Å². The van der Waals surface area contributed by atoms with Crippen molar-refractivity contribution < 1.29 is 22.0 Å². The van der Waals surface area contributed by atoms with Crippen LogP contribution in [0.25, 0.3) is 76.5 Å². The van der Waals surface area contributed by atoms with Crippen molar-refractivity contribution in [2.75, 3.05) is 9.80 Å². The fraction of sp³-hybridized carbons (Fsp3) is 0.0820. The number of para-hydroxylation sites is 4. The molecule has 0 bridgehead atoms. The molecule has 0 spiro atoms. The third-order valence-corrected chi connectivity index (χ3v) is 14.1. The zero-order valence-electron chi connectivity index (χ0n) is 37.3. The molecule has 0 saturated heterocycles. The van der Waals surface area contributed by atoms with Gasteiger partial charge in [0.15, 0.2) is 11.2 Å². The molecule has 2 heterocycles. The topological polar surface area (TPSA) is 32.8 Å². The molecule has 4 nitrogen and oxygen atoms in total. The van der Waals surface area contributed by atoms with Gasteiger partial charge in [0.1, 0.15) is 11.2 Å². The Bertz CT molecular complexity index is 4010. The maximum Gasteiger partial charge on any atom is 0.416 e. The zero-order valence-corrected chi connectivity index (χ0v) is 37.3. The van der Waals surface area contributed by atoms with Crippen molar-refractivity contribution in [3.05, 3.63) is 216 Å². The van der Waals surface area contributed by atoms with Crippen LogP contribution in [0.3, 0.4) is 0 Å². The summed E-state index contributed by atoms with van der Waals surface area (Å²) in [4.78, 5) is 4.29. The lowest BCUT2D eigenvalue weighted by molar-refractivity contribution is -0.137. The molecule has 0 unspecified atom stereocenters. The summed E-state index contributed by atoms with van der Waals surface area (Å²) in [5, 5.41) is 8.48. The summed E-state index contributed by atoms with van der Waals surface area (Å²) in [6.45, 7) is 6.71. The monoisotopic (exact) mass is 890 g/mol. The largest absolute Gasteiger partial charge is 0.454 e. The highest BCUT2D eigenvalue weighted by Gasteiger charge is 2.38. The van der Waals surface area contributed by atoms with Gasteiger partial charge in [0, 0.05) is 49.7 Å². The van der Waals surface area contributed by atoms with Gasteiger partial charge in [0.2, 0.25) is 0 Å². The Balaban J connectivity index is 0.933. The number of hydrogen-bond acceptors (Lipinski definition) is 4. The van der Waals surface area contributed by atoms with Crippen LogP contribution in [0.5, 0.6) is 0 Å². The number of hydrogen-bond donors (Lipinski definition) is 0. The second-order valence-electron chi connectivity index (χ2n) is 18.5. The molecule has 2 aromatic heterocycles. The van der Waals surface area contributed by atoms with E-state index in [0.717, 1.165) is 100 Å². The van der Waals surface area contributed by atoms with Gasteiger partial charge in [-0.05, 0) is 148 Å². The molecule has 0 fully saturated rings. The van der Waals surface area contributed by atoms with Crippen LogP contribution < -0.4 is 9.80 Å². The van der Waals surface area contributed by atoms with Gasteiger partial charge < -0.3 is 18.6 Å². The maximum atomic E-state index is 13.9. The van der Waals surface area contributed by atoms with Gasteiger partial charge in [0.25, 0.3) is 0 Å². The highest BCUT2D eigenvalue weighted by atomic mass is 19.4. The summed E-state index contributed by atoms with van der Waals surface area (Å²) in [6.07, 6.45) is -4.46. The Hall–Kier alpha value is -8.29. The first-order valence-electron chi connectivity index (χ1n) is 22.8. The van der Waals surface area contributed by atoms with E-state index >= 15 is 0 Å². The van der Waals surface area contributed by atoms with Crippen LogP contribution in [0.15, 0.2) is 203 Å². The van der Waals surface area contributed by atoms with E-state index in [0.29, 0.717) is 11.3 Å². The zero-order chi connectivity index (χ0) is 46.1. The fourth-order valence-corrected chi connectivity index (χ4v) is 10.8. The minimum atomic E-state index is -4.46. The van der Waals surface area contributed by atoms with Crippen LogP contribution in [0.2, 0.25) is 0 Å². The lowest BCUT2D eigenvalue weighted by atomic mass is 9.79. The van der Waals surface area contributed by atoms with Gasteiger partial charge in [-0.15, -0.1) is 0 Å². The highest BCUT2D eigenvalue weighted by Crippen LogP contribution is 2.54. The van der Waals surface area contributed by atoms with Crippen LogP contribution in [-0.4, -0.2) is 0 Å². The second kappa shape index (κ2) is 14.6. The minimum Gasteiger partial charge on any atom is -0.454 e. The molecule has 13 rings (SSSR count). The molecule has 1 aliphatic carbocycles. The van der Waals surface area contributed by atoms with Crippen LogP contribution in [-0.2, 0) is 11.6 Å². The Morgan fingerprint density at radius 1 is 0.426 bits per heavy atom. The van der Waals surface area contributed by atoms with Crippen molar-refractivity contribution in [2.45, 2.75) is 32.4 Å². The molecule has 0 N–H and O–H groups in total. The predicted octanol–water partition coefficient (Wildman–Crippen LogP) is 18.4. The lowest BCUT2D eigenvalue weighted by Gasteiger charge is -2.27. The molecular weight excluding hydrogens is 850 g/mol. The number of halogens is 3. The van der Waals surface area contributed by atoms with Crippen molar-refractivity contribution in [3.8, 4) is 11.1 Å². The van der Waals surface area contributed by atoms with Gasteiger partial charge in [-0.25, -0.2) is 0 Å². The number of rotatable bonds is 6.